The van der Waals surface area contributed by atoms with Gasteiger partial charge in [0.1, 0.15) is 0 Å². The third kappa shape index (κ3) is 2.96. The number of piperidine rings is 1. The minimum absolute atomic E-state index is 0.124. The molecule has 0 atom stereocenters. The van der Waals surface area contributed by atoms with E-state index in [1.165, 1.54) is 25.9 Å². The molecule has 0 aromatic carbocycles. The van der Waals surface area contributed by atoms with Crippen molar-refractivity contribution in [1.29, 1.82) is 0 Å². The molecule has 2 heterocycles. The summed E-state index contributed by atoms with van der Waals surface area (Å²) < 4.78 is 5.40. The number of rotatable bonds is 3. The van der Waals surface area contributed by atoms with Gasteiger partial charge in [-0.1, -0.05) is 6.92 Å². The van der Waals surface area contributed by atoms with Crippen LogP contribution in [0.3, 0.4) is 0 Å². The molecular formula is C13H25NO2. The van der Waals surface area contributed by atoms with Gasteiger partial charge in [0.05, 0.1) is 6.61 Å². The highest BCUT2D eigenvalue weighted by Crippen LogP contribution is 2.32. The topological polar surface area (TPSA) is 32.7 Å². The first-order chi connectivity index (χ1) is 7.74. The second kappa shape index (κ2) is 5.48. The van der Waals surface area contributed by atoms with E-state index in [9.17, 15) is 5.11 Å². The van der Waals surface area contributed by atoms with Gasteiger partial charge in [0.2, 0.25) is 0 Å². The van der Waals surface area contributed by atoms with Crippen molar-refractivity contribution >= 4 is 0 Å². The Bertz CT molecular complexity index is 206. The molecule has 0 bridgehead atoms. The van der Waals surface area contributed by atoms with Crippen molar-refractivity contribution in [3.8, 4) is 0 Å². The van der Waals surface area contributed by atoms with Crippen LogP contribution in [0.2, 0.25) is 0 Å². The molecule has 0 aromatic heterocycles. The molecule has 2 aliphatic heterocycles. The summed E-state index contributed by atoms with van der Waals surface area (Å²) in [5.41, 5.74) is 0.124. The van der Waals surface area contributed by atoms with Gasteiger partial charge in [-0.3, -0.25) is 0 Å². The van der Waals surface area contributed by atoms with E-state index in [4.69, 9.17) is 4.74 Å². The van der Waals surface area contributed by atoms with Crippen LogP contribution in [-0.4, -0.2) is 49.5 Å². The van der Waals surface area contributed by atoms with Crippen molar-refractivity contribution in [3.05, 3.63) is 0 Å². The molecule has 0 radical (unpaired) electrons. The lowest BCUT2D eigenvalue weighted by molar-refractivity contribution is -0.0381. The minimum Gasteiger partial charge on any atom is -0.396 e. The van der Waals surface area contributed by atoms with Crippen LogP contribution in [0.25, 0.3) is 0 Å². The third-order valence-electron chi connectivity index (χ3n) is 4.32. The molecule has 0 aliphatic carbocycles. The smallest absolute Gasteiger partial charge is 0.0501 e. The fourth-order valence-electron chi connectivity index (χ4n) is 2.87. The zero-order valence-corrected chi connectivity index (χ0v) is 10.5. The Labute approximate surface area is 98.8 Å². The van der Waals surface area contributed by atoms with Crippen LogP contribution in [0.1, 0.15) is 32.6 Å². The molecule has 94 valence electrons. The number of ether oxygens (including phenoxy) is 1. The number of hydrogen-bond acceptors (Lipinski definition) is 3. The summed E-state index contributed by atoms with van der Waals surface area (Å²) in [5, 5.41) is 9.64. The quantitative estimate of drug-likeness (QED) is 0.793. The van der Waals surface area contributed by atoms with E-state index in [0.29, 0.717) is 6.61 Å². The second-order valence-electron chi connectivity index (χ2n) is 5.73. The maximum Gasteiger partial charge on any atom is 0.0501 e. The Morgan fingerprint density at radius 3 is 2.44 bits per heavy atom. The summed E-state index contributed by atoms with van der Waals surface area (Å²) in [6.45, 7) is 7.80. The van der Waals surface area contributed by atoms with E-state index in [0.717, 1.165) is 38.5 Å². The van der Waals surface area contributed by atoms with Gasteiger partial charge in [0.15, 0.2) is 0 Å². The van der Waals surface area contributed by atoms with Crippen LogP contribution in [0.4, 0.5) is 0 Å². The van der Waals surface area contributed by atoms with Crippen molar-refractivity contribution in [1.82, 2.24) is 4.90 Å². The Hall–Kier alpha value is -0.120. The number of hydrogen-bond donors (Lipinski definition) is 1. The number of nitrogens with zero attached hydrogens (tertiary/aromatic N) is 1. The predicted octanol–water partition coefficient (Wildman–Crippen LogP) is 1.51. The highest BCUT2D eigenvalue weighted by atomic mass is 16.5. The summed E-state index contributed by atoms with van der Waals surface area (Å²) in [6.07, 6.45) is 4.68. The zero-order chi connectivity index (χ0) is 11.4. The maximum absolute atomic E-state index is 9.64. The zero-order valence-electron chi connectivity index (χ0n) is 10.5. The normalized spacial score (nSPS) is 28.1. The Balaban J connectivity index is 1.86. The number of likely N-dealkylation sites (tertiary alicyclic amines) is 1. The summed E-state index contributed by atoms with van der Waals surface area (Å²) in [4.78, 5) is 2.54. The van der Waals surface area contributed by atoms with Crippen LogP contribution >= 0.6 is 0 Å². The fourth-order valence-corrected chi connectivity index (χ4v) is 2.87. The minimum atomic E-state index is 0.124. The predicted molar refractivity (Wildman–Crippen MR) is 64.4 cm³/mol. The summed E-state index contributed by atoms with van der Waals surface area (Å²) in [6, 6.07) is 0. The molecule has 2 rings (SSSR count). The van der Waals surface area contributed by atoms with Gasteiger partial charge in [0, 0.05) is 25.2 Å². The molecule has 0 aromatic rings. The summed E-state index contributed by atoms with van der Waals surface area (Å²) in [5.74, 6) is 0.885. The van der Waals surface area contributed by atoms with Crippen molar-refractivity contribution in [2.45, 2.75) is 32.6 Å². The lowest BCUT2D eigenvalue weighted by atomic mass is 9.80. The van der Waals surface area contributed by atoms with Crippen molar-refractivity contribution in [2.75, 3.05) is 39.5 Å². The lowest BCUT2D eigenvalue weighted by Crippen LogP contribution is -2.46. The van der Waals surface area contributed by atoms with E-state index in [1.54, 1.807) is 0 Å². The monoisotopic (exact) mass is 227 g/mol. The van der Waals surface area contributed by atoms with Gasteiger partial charge in [0.25, 0.3) is 0 Å². The van der Waals surface area contributed by atoms with Crippen LogP contribution in [0.5, 0.6) is 0 Å². The van der Waals surface area contributed by atoms with Crippen LogP contribution in [-0.2, 0) is 4.74 Å². The van der Waals surface area contributed by atoms with E-state index in [2.05, 4.69) is 11.8 Å². The van der Waals surface area contributed by atoms with Gasteiger partial charge in [-0.2, -0.15) is 0 Å². The molecule has 2 aliphatic rings. The first-order valence-corrected chi connectivity index (χ1v) is 6.65. The van der Waals surface area contributed by atoms with Gasteiger partial charge in [-0.05, 0) is 44.7 Å². The largest absolute Gasteiger partial charge is 0.396 e. The summed E-state index contributed by atoms with van der Waals surface area (Å²) in [7, 11) is 0. The first-order valence-electron chi connectivity index (χ1n) is 6.65. The van der Waals surface area contributed by atoms with Gasteiger partial charge >= 0.3 is 0 Å². The first kappa shape index (κ1) is 12.3. The third-order valence-corrected chi connectivity index (χ3v) is 4.32. The molecule has 1 N–H and O–H groups in total. The van der Waals surface area contributed by atoms with Crippen molar-refractivity contribution < 1.29 is 9.84 Å². The highest BCUT2D eigenvalue weighted by Gasteiger charge is 2.34. The molecule has 0 spiro atoms. The summed E-state index contributed by atoms with van der Waals surface area (Å²) >= 11 is 0. The van der Waals surface area contributed by atoms with Crippen LogP contribution < -0.4 is 0 Å². The van der Waals surface area contributed by atoms with E-state index in [-0.39, 0.29) is 5.41 Å². The maximum atomic E-state index is 9.64. The Morgan fingerprint density at radius 2 is 1.88 bits per heavy atom. The van der Waals surface area contributed by atoms with Gasteiger partial charge in [-0.25, -0.2) is 0 Å². The fraction of sp³-hybridized carbons (Fsp3) is 1.00. The van der Waals surface area contributed by atoms with Gasteiger partial charge in [-0.15, -0.1) is 0 Å². The molecule has 16 heavy (non-hydrogen) atoms. The van der Waals surface area contributed by atoms with Crippen LogP contribution in [0.15, 0.2) is 0 Å². The molecule has 0 amide bonds. The van der Waals surface area contributed by atoms with Crippen LogP contribution in [0, 0.1) is 11.3 Å². The average Bonchev–Trinajstić information content (AvgIpc) is 2.33. The Morgan fingerprint density at radius 1 is 1.25 bits per heavy atom. The number of aliphatic hydroxyl groups excluding tert-OH is 1. The van der Waals surface area contributed by atoms with E-state index in [1.807, 2.05) is 0 Å². The van der Waals surface area contributed by atoms with Gasteiger partial charge < -0.3 is 14.7 Å². The van der Waals surface area contributed by atoms with Crippen molar-refractivity contribution in [3.63, 3.8) is 0 Å². The standard InChI is InChI=1S/C13H25NO2/c1-12-2-6-14(7-3-12)10-13(11-15)4-8-16-9-5-13/h12,15H,2-11H2,1H3. The lowest BCUT2D eigenvalue weighted by Gasteiger charge is -2.41. The molecule has 2 fully saturated rings. The molecule has 3 heteroatoms. The highest BCUT2D eigenvalue weighted by molar-refractivity contribution is 4.86. The molecule has 2 saturated heterocycles. The SMILES string of the molecule is CC1CCN(CC2(CO)CCOCC2)CC1. The number of aliphatic hydroxyl groups is 1. The van der Waals surface area contributed by atoms with E-state index < -0.39 is 0 Å². The molecular weight excluding hydrogens is 202 g/mol. The molecule has 0 unspecified atom stereocenters. The molecule has 0 saturated carbocycles. The molecule has 3 nitrogen and oxygen atoms in total. The van der Waals surface area contributed by atoms with Crippen molar-refractivity contribution in [2.24, 2.45) is 11.3 Å². The Kier molecular flexibility index (Phi) is 4.22. The van der Waals surface area contributed by atoms with E-state index >= 15 is 0 Å². The second-order valence-corrected chi connectivity index (χ2v) is 5.73. The average molecular weight is 227 g/mol.